The molecule has 0 spiro atoms. The fraction of sp³-hybridized carbons (Fsp3) is 0.316. The normalized spacial score (nSPS) is 16.3. The summed E-state index contributed by atoms with van der Waals surface area (Å²) in [4.78, 5) is 14.0. The number of hydrogen-bond donors (Lipinski definition) is 1. The number of piperazine rings is 1. The van der Waals surface area contributed by atoms with E-state index in [0.717, 1.165) is 12.1 Å². The highest BCUT2D eigenvalue weighted by Crippen LogP contribution is 2.38. The highest BCUT2D eigenvalue weighted by molar-refractivity contribution is 7.89. The fourth-order valence-electron chi connectivity index (χ4n) is 3.19. The number of hydrogen-bond acceptors (Lipinski definition) is 4. The van der Waals surface area contributed by atoms with Crippen LogP contribution in [-0.2, 0) is 21.0 Å². The number of benzene rings is 2. The van der Waals surface area contributed by atoms with E-state index in [2.05, 4.69) is 5.32 Å². The molecular weight excluding hydrogens is 478 g/mol. The molecule has 1 N–H and O–H groups in total. The molecule has 168 valence electrons. The number of sulfonamides is 1. The molecule has 0 bridgehead atoms. The molecule has 1 fully saturated rings. The van der Waals surface area contributed by atoms with Crippen LogP contribution in [0.25, 0.3) is 0 Å². The van der Waals surface area contributed by atoms with E-state index in [1.54, 1.807) is 17.0 Å². The van der Waals surface area contributed by atoms with Crippen molar-refractivity contribution in [3.8, 4) is 0 Å². The van der Waals surface area contributed by atoms with Gasteiger partial charge in [-0.2, -0.15) is 17.5 Å². The van der Waals surface area contributed by atoms with Crippen molar-refractivity contribution in [1.82, 2.24) is 9.21 Å². The molecule has 0 atom stereocenters. The van der Waals surface area contributed by atoms with E-state index in [4.69, 9.17) is 23.2 Å². The molecule has 1 heterocycles. The summed E-state index contributed by atoms with van der Waals surface area (Å²) in [6.07, 6.45) is -4.67. The van der Waals surface area contributed by atoms with Crippen molar-refractivity contribution in [2.45, 2.75) is 11.1 Å². The van der Waals surface area contributed by atoms with Gasteiger partial charge in [0.15, 0.2) is 0 Å². The lowest BCUT2D eigenvalue weighted by Gasteiger charge is -2.33. The van der Waals surface area contributed by atoms with Crippen molar-refractivity contribution < 1.29 is 26.4 Å². The molecule has 0 saturated carbocycles. The van der Waals surface area contributed by atoms with Gasteiger partial charge in [0.05, 0.1) is 27.8 Å². The van der Waals surface area contributed by atoms with Gasteiger partial charge in [0.2, 0.25) is 15.9 Å². The maximum atomic E-state index is 13.2. The summed E-state index contributed by atoms with van der Waals surface area (Å²) in [6, 6.07) is 9.34. The summed E-state index contributed by atoms with van der Waals surface area (Å²) in [5.74, 6) is -0.680. The Kier molecular flexibility index (Phi) is 7.17. The predicted octanol–water partition coefficient (Wildman–Crippen LogP) is 3.96. The maximum absolute atomic E-state index is 13.2. The predicted molar refractivity (Wildman–Crippen MR) is 112 cm³/mol. The average molecular weight is 496 g/mol. The lowest BCUT2D eigenvalue weighted by atomic mass is 10.1. The largest absolute Gasteiger partial charge is 0.418 e. The van der Waals surface area contributed by atoms with Gasteiger partial charge in [-0.1, -0.05) is 41.4 Å². The second-order valence-electron chi connectivity index (χ2n) is 6.82. The number of carbonyl (C=O) groups excluding carboxylic acids is 1. The first-order valence-electron chi connectivity index (χ1n) is 9.13. The summed E-state index contributed by atoms with van der Waals surface area (Å²) in [6.45, 7) is 0.474. The summed E-state index contributed by atoms with van der Waals surface area (Å²) in [5.41, 5.74) is -1.54. The number of nitrogens with one attached hydrogen (secondary N) is 1. The molecule has 1 saturated heterocycles. The topological polar surface area (TPSA) is 69.7 Å². The van der Waals surface area contributed by atoms with E-state index < -0.39 is 33.4 Å². The zero-order chi connectivity index (χ0) is 22.8. The third-order valence-corrected chi connectivity index (χ3v) is 7.45. The standard InChI is InChI=1S/C19H18Cl2F3N3O3S/c20-14-5-1-2-7-16(14)31(29,30)27-10-8-26(9-11-27)12-17(28)25-18-13(19(22,23)24)4-3-6-15(18)21/h1-7H,8-12H2,(H,25,28). The van der Waals surface area contributed by atoms with E-state index in [1.165, 1.54) is 22.5 Å². The molecule has 6 nitrogen and oxygen atoms in total. The molecule has 0 aromatic heterocycles. The van der Waals surface area contributed by atoms with Crippen LogP contribution in [0.15, 0.2) is 47.4 Å². The SMILES string of the molecule is O=C(CN1CCN(S(=O)(=O)c2ccccc2Cl)CC1)Nc1c(Cl)cccc1C(F)(F)F. The van der Waals surface area contributed by atoms with Crippen LogP contribution in [-0.4, -0.2) is 56.3 Å². The smallest absolute Gasteiger partial charge is 0.323 e. The molecular formula is C19H18Cl2F3N3O3S. The number of halogens is 5. The Morgan fingerprint density at radius 2 is 1.58 bits per heavy atom. The molecule has 2 aromatic carbocycles. The maximum Gasteiger partial charge on any atom is 0.418 e. The van der Waals surface area contributed by atoms with Crippen LogP contribution < -0.4 is 5.32 Å². The Morgan fingerprint density at radius 1 is 0.968 bits per heavy atom. The number of anilines is 1. The minimum atomic E-state index is -4.67. The van der Waals surface area contributed by atoms with E-state index in [1.807, 2.05) is 0 Å². The van der Waals surface area contributed by atoms with Crippen molar-refractivity contribution in [2.75, 3.05) is 38.0 Å². The minimum absolute atomic E-state index is 0.00117. The lowest BCUT2D eigenvalue weighted by molar-refractivity contribution is -0.137. The van der Waals surface area contributed by atoms with E-state index in [9.17, 15) is 26.4 Å². The van der Waals surface area contributed by atoms with Crippen LogP contribution in [0.2, 0.25) is 10.0 Å². The Morgan fingerprint density at radius 3 is 2.19 bits per heavy atom. The van der Waals surface area contributed by atoms with Crippen LogP contribution >= 0.6 is 23.2 Å². The molecule has 12 heteroatoms. The second kappa shape index (κ2) is 9.33. The third-order valence-electron chi connectivity index (χ3n) is 4.74. The first-order chi connectivity index (χ1) is 14.5. The van der Waals surface area contributed by atoms with Crippen LogP contribution in [0.5, 0.6) is 0 Å². The van der Waals surface area contributed by atoms with Gasteiger partial charge >= 0.3 is 6.18 Å². The first kappa shape index (κ1) is 23.8. The Labute approximate surface area is 187 Å². The number of para-hydroxylation sites is 1. The highest BCUT2D eigenvalue weighted by Gasteiger charge is 2.35. The molecule has 0 aliphatic carbocycles. The summed E-state index contributed by atoms with van der Waals surface area (Å²) in [7, 11) is -3.79. The third kappa shape index (κ3) is 5.50. The zero-order valence-electron chi connectivity index (χ0n) is 16.0. The van der Waals surface area contributed by atoms with Crippen molar-refractivity contribution in [3.05, 3.63) is 58.1 Å². The van der Waals surface area contributed by atoms with E-state index >= 15 is 0 Å². The Bertz CT molecular complexity index is 1070. The monoisotopic (exact) mass is 495 g/mol. The van der Waals surface area contributed by atoms with Crippen molar-refractivity contribution in [3.63, 3.8) is 0 Å². The molecule has 2 aromatic rings. The number of nitrogens with zero attached hydrogens (tertiary/aromatic N) is 2. The molecule has 1 amide bonds. The highest BCUT2D eigenvalue weighted by atomic mass is 35.5. The van der Waals surface area contributed by atoms with Crippen molar-refractivity contribution >= 4 is 44.8 Å². The lowest BCUT2D eigenvalue weighted by Crippen LogP contribution is -2.50. The van der Waals surface area contributed by atoms with E-state index in [0.29, 0.717) is 0 Å². The average Bonchev–Trinajstić information content (AvgIpc) is 2.69. The van der Waals surface area contributed by atoms with Gasteiger partial charge in [0, 0.05) is 26.2 Å². The van der Waals surface area contributed by atoms with Crippen LogP contribution in [0.4, 0.5) is 18.9 Å². The molecule has 1 aliphatic heterocycles. The van der Waals surface area contributed by atoms with Gasteiger partial charge in [0.25, 0.3) is 0 Å². The van der Waals surface area contributed by atoms with E-state index in [-0.39, 0.29) is 47.7 Å². The van der Waals surface area contributed by atoms with Gasteiger partial charge in [0.1, 0.15) is 4.90 Å². The van der Waals surface area contributed by atoms with Crippen molar-refractivity contribution in [2.24, 2.45) is 0 Å². The summed E-state index contributed by atoms with van der Waals surface area (Å²) < 4.78 is 66.3. The van der Waals surface area contributed by atoms with Crippen LogP contribution in [0.3, 0.4) is 0 Å². The first-order valence-corrected chi connectivity index (χ1v) is 11.3. The fourth-order valence-corrected chi connectivity index (χ4v) is 5.33. The Hall–Kier alpha value is -1.85. The molecule has 1 aliphatic rings. The van der Waals surface area contributed by atoms with Gasteiger partial charge in [-0.25, -0.2) is 8.42 Å². The number of alkyl halides is 3. The molecule has 0 radical (unpaired) electrons. The zero-order valence-corrected chi connectivity index (χ0v) is 18.3. The number of rotatable bonds is 5. The molecule has 31 heavy (non-hydrogen) atoms. The van der Waals surface area contributed by atoms with Crippen LogP contribution in [0, 0.1) is 0 Å². The van der Waals surface area contributed by atoms with Gasteiger partial charge in [-0.3, -0.25) is 9.69 Å². The molecule has 3 rings (SSSR count). The van der Waals surface area contributed by atoms with Crippen LogP contribution in [0.1, 0.15) is 5.56 Å². The summed E-state index contributed by atoms with van der Waals surface area (Å²) in [5, 5.41) is 2.12. The van der Waals surface area contributed by atoms with Crippen molar-refractivity contribution in [1.29, 1.82) is 0 Å². The number of carbonyl (C=O) groups is 1. The van der Waals surface area contributed by atoms with Gasteiger partial charge in [-0.15, -0.1) is 0 Å². The van der Waals surface area contributed by atoms with Gasteiger partial charge < -0.3 is 5.32 Å². The Balaban J connectivity index is 1.62. The quantitative estimate of drug-likeness (QED) is 0.681. The molecule has 0 unspecified atom stereocenters. The number of amides is 1. The summed E-state index contributed by atoms with van der Waals surface area (Å²) >= 11 is 11.9. The minimum Gasteiger partial charge on any atom is -0.323 e. The second-order valence-corrected chi connectivity index (χ2v) is 9.54. The van der Waals surface area contributed by atoms with Gasteiger partial charge in [-0.05, 0) is 24.3 Å².